The van der Waals surface area contributed by atoms with E-state index in [0.717, 1.165) is 17.9 Å². The van der Waals surface area contributed by atoms with Crippen LogP contribution in [0.3, 0.4) is 0 Å². The molecule has 2 aromatic rings. The van der Waals surface area contributed by atoms with Crippen molar-refractivity contribution in [2.24, 2.45) is 5.10 Å². The van der Waals surface area contributed by atoms with Gasteiger partial charge < -0.3 is 9.88 Å². The molecule has 0 fully saturated rings. The molecule has 0 saturated heterocycles. The summed E-state index contributed by atoms with van der Waals surface area (Å²) in [5.74, 6) is 0. The summed E-state index contributed by atoms with van der Waals surface area (Å²) in [5, 5.41) is 18.1. The molecule has 2 rings (SSSR count). The molecule has 8 heteroatoms. The highest BCUT2D eigenvalue weighted by molar-refractivity contribution is 7.80. The maximum absolute atomic E-state index is 10.7. The van der Waals surface area contributed by atoms with Crippen LogP contribution in [0, 0.1) is 10.1 Å². The summed E-state index contributed by atoms with van der Waals surface area (Å²) in [5.41, 5.74) is 4.40. The van der Waals surface area contributed by atoms with Crippen LogP contribution in [0.4, 0.5) is 5.69 Å². The predicted octanol–water partition coefficient (Wildman–Crippen LogP) is 2.20. The number of nitro groups is 1. The molecule has 0 atom stereocenters. The zero-order valence-electron chi connectivity index (χ0n) is 11.9. The van der Waals surface area contributed by atoms with Gasteiger partial charge in [-0.1, -0.05) is 0 Å². The summed E-state index contributed by atoms with van der Waals surface area (Å²) < 4.78 is 1.87. The fourth-order valence-electron chi connectivity index (χ4n) is 1.83. The van der Waals surface area contributed by atoms with Crippen LogP contribution >= 0.6 is 12.2 Å². The van der Waals surface area contributed by atoms with Gasteiger partial charge in [0, 0.05) is 30.6 Å². The molecule has 2 N–H and O–H groups in total. The van der Waals surface area contributed by atoms with E-state index in [4.69, 9.17) is 12.2 Å². The number of non-ortho nitro benzene ring substituents is 1. The Labute approximate surface area is 132 Å². The van der Waals surface area contributed by atoms with Gasteiger partial charge in [0.15, 0.2) is 5.11 Å². The van der Waals surface area contributed by atoms with Gasteiger partial charge in [0.05, 0.1) is 16.8 Å². The zero-order chi connectivity index (χ0) is 15.9. The summed E-state index contributed by atoms with van der Waals surface area (Å²) in [6.45, 7) is 2.66. The Morgan fingerprint density at radius 3 is 2.77 bits per heavy atom. The first-order valence-electron chi connectivity index (χ1n) is 6.61. The summed E-state index contributed by atoms with van der Waals surface area (Å²) in [4.78, 5) is 10.3. The minimum atomic E-state index is -0.423. The lowest BCUT2D eigenvalue weighted by molar-refractivity contribution is -0.384. The first kappa shape index (κ1) is 15.6. The van der Waals surface area contributed by atoms with Gasteiger partial charge in [-0.3, -0.25) is 15.5 Å². The van der Waals surface area contributed by atoms with Gasteiger partial charge >= 0.3 is 0 Å². The smallest absolute Gasteiger partial charge is 0.269 e. The molecule has 0 saturated carbocycles. The van der Waals surface area contributed by atoms with Gasteiger partial charge in [-0.2, -0.15) is 5.10 Å². The molecule has 0 aliphatic rings. The van der Waals surface area contributed by atoms with Crippen molar-refractivity contribution in [2.45, 2.75) is 6.92 Å². The fourth-order valence-corrected chi connectivity index (χ4v) is 2.02. The molecular formula is C14H15N5O2S. The van der Waals surface area contributed by atoms with Crippen molar-refractivity contribution in [3.8, 4) is 5.69 Å². The number of rotatable bonds is 5. The summed E-state index contributed by atoms with van der Waals surface area (Å²) >= 11 is 5.01. The first-order chi connectivity index (χ1) is 10.6. The number of benzene rings is 1. The van der Waals surface area contributed by atoms with E-state index in [2.05, 4.69) is 15.8 Å². The van der Waals surface area contributed by atoms with Gasteiger partial charge in [-0.05, 0) is 43.4 Å². The minimum absolute atomic E-state index is 0.0591. The van der Waals surface area contributed by atoms with E-state index >= 15 is 0 Å². The van der Waals surface area contributed by atoms with Crippen LogP contribution in [0.2, 0.25) is 0 Å². The lowest BCUT2D eigenvalue weighted by atomic mass is 10.3. The van der Waals surface area contributed by atoms with Crippen LogP contribution in [-0.2, 0) is 0 Å². The number of nitrogens with zero attached hydrogens (tertiary/aromatic N) is 3. The van der Waals surface area contributed by atoms with Crippen LogP contribution in [0.5, 0.6) is 0 Å². The predicted molar refractivity (Wildman–Crippen MR) is 89.4 cm³/mol. The standard InChI is InChI=1S/C14H15N5O2S/c1-2-15-14(22)17-16-10-13-4-3-9-18(13)11-5-7-12(8-6-11)19(20)21/h3-10H,2H2,1H3,(H2,15,17,22)/b16-10-. The number of nitro benzene ring substituents is 1. The second kappa shape index (κ2) is 7.32. The molecule has 114 valence electrons. The number of thiocarbonyl (C=S) groups is 1. The third-order valence-electron chi connectivity index (χ3n) is 2.82. The van der Waals surface area contributed by atoms with Gasteiger partial charge in [-0.25, -0.2) is 0 Å². The molecule has 22 heavy (non-hydrogen) atoms. The molecule has 0 bridgehead atoms. The van der Waals surface area contributed by atoms with Crippen LogP contribution in [0.1, 0.15) is 12.6 Å². The highest BCUT2D eigenvalue weighted by Gasteiger charge is 2.06. The number of hydrogen-bond donors (Lipinski definition) is 2. The second-order valence-electron chi connectivity index (χ2n) is 4.31. The van der Waals surface area contributed by atoms with Crippen LogP contribution in [-0.4, -0.2) is 27.4 Å². The van der Waals surface area contributed by atoms with E-state index in [0.29, 0.717) is 5.11 Å². The lowest BCUT2D eigenvalue weighted by Gasteiger charge is -2.06. The topological polar surface area (TPSA) is 84.5 Å². The Balaban J connectivity index is 2.13. The minimum Gasteiger partial charge on any atom is -0.362 e. The van der Waals surface area contributed by atoms with Crippen molar-refractivity contribution >= 4 is 29.2 Å². The molecule has 1 aromatic carbocycles. The van der Waals surface area contributed by atoms with E-state index in [1.165, 1.54) is 12.1 Å². The number of aromatic nitrogens is 1. The first-order valence-corrected chi connectivity index (χ1v) is 7.01. The normalized spacial score (nSPS) is 10.6. The second-order valence-corrected chi connectivity index (χ2v) is 4.71. The van der Waals surface area contributed by atoms with Gasteiger partial charge in [0.25, 0.3) is 5.69 Å². The van der Waals surface area contributed by atoms with Gasteiger partial charge in [0.1, 0.15) is 0 Å². The van der Waals surface area contributed by atoms with Gasteiger partial charge in [0.2, 0.25) is 0 Å². The van der Waals surface area contributed by atoms with Crippen molar-refractivity contribution in [1.82, 2.24) is 15.3 Å². The quantitative estimate of drug-likeness (QED) is 0.382. The largest absolute Gasteiger partial charge is 0.362 e. The molecule has 0 aliphatic carbocycles. The van der Waals surface area contributed by atoms with E-state index < -0.39 is 4.92 Å². The third kappa shape index (κ3) is 3.89. The summed E-state index contributed by atoms with van der Waals surface area (Å²) in [6.07, 6.45) is 3.48. The maximum atomic E-state index is 10.7. The van der Waals surface area contributed by atoms with Crippen molar-refractivity contribution in [1.29, 1.82) is 0 Å². The highest BCUT2D eigenvalue weighted by atomic mass is 32.1. The molecule has 7 nitrogen and oxygen atoms in total. The molecule has 0 amide bonds. The van der Waals surface area contributed by atoms with E-state index in [1.807, 2.05) is 29.8 Å². The summed E-state index contributed by atoms with van der Waals surface area (Å²) in [6, 6.07) is 10.1. The monoisotopic (exact) mass is 317 g/mol. The summed E-state index contributed by atoms with van der Waals surface area (Å²) in [7, 11) is 0. The molecule has 0 aliphatic heterocycles. The molecule has 1 aromatic heterocycles. The SMILES string of the molecule is CCNC(=S)N/N=C\c1cccn1-c1ccc([N+](=O)[O-])cc1. The van der Waals surface area contributed by atoms with E-state index in [1.54, 1.807) is 18.3 Å². The van der Waals surface area contributed by atoms with E-state index in [-0.39, 0.29) is 5.69 Å². The van der Waals surface area contributed by atoms with Crippen LogP contribution in [0.15, 0.2) is 47.7 Å². The Morgan fingerprint density at radius 1 is 1.41 bits per heavy atom. The molecule has 1 heterocycles. The zero-order valence-corrected chi connectivity index (χ0v) is 12.7. The van der Waals surface area contributed by atoms with Crippen LogP contribution < -0.4 is 10.7 Å². The van der Waals surface area contributed by atoms with Crippen LogP contribution in [0.25, 0.3) is 5.69 Å². The van der Waals surface area contributed by atoms with Crippen molar-refractivity contribution < 1.29 is 4.92 Å². The molecule has 0 spiro atoms. The number of hydrogen-bond acceptors (Lipinski definition) is 4. The van der Waals surface area contributed by atoms with Crippen molar-refractivity contribution in [2.75, 3.05) is 6.54 Å². The highest BCUT2D eigenvalue weighted by Crippen LogP contribution is 2.16. The average Bonchev–Trinajstić information content (AvgIpc) is 2.96. The number of hydrazone groups is 1. The third-order valence-corrected chi connectivity index (χ3v) is 3.05. The molecular weight excluding hydrogens is 302 g/mol. The fraction of sp³-hybridized carbons (Fsp3) is 0.143. The average molecular weight is 317 g/mol. The van der Waals surface area contributed by atoms with Crippen molar-refractivity contribution in [3.63, 3.8) is 0 Å². The lowest BCUT2D eigenvalue weighted by Crippen LogP contribution is -2.31. The maximum Gasteiger partial charge on any atom is 0.269 e. The Morgan fingerprint density at radius 2 is 2.14 bits per heavy atom. The molecule has 0 radical (unpaired) electrons. The Kier molecular flexibility index (Phi) is 5.21. The van der Waals surface area contributed by atoms with E-state index in [9.17, 15) is 10.1 Å². The Hall–Kier alpha value is -2.74. The van der Waals surface area contributed by atoms with Gasteiger partial charge in [-0.15, -0.1) is 0 Å². The van der Waals surface area contributed by atoms with Crippen molar-refractivity contribution in [3.05, 3.63) is 58.4 Å². The number of nitrogens with one attached hydrogen (secondary N) is 2. The molecule has 0 unspecified atom stereocenters. The Bertz CT molecular complexity index is 694.